The molecule has 0 aliphatic heterocycles. The van der Waals surface area contributed by atoms with E-state index in [0.717, 1.165) is 10.9 Å². The first-order chi connectivity index (χ1) is 18.3. The molecular formula is C26H38N6O7. The lowest BCUT2D eigenvalue weighted by atomic mass is 9.98. The average Bonchev–Trinajstić information content (AvgIpc) is 3.30. The van der Waals surface area contributed by atoms with Crippen LogP contribution in [0, 0.1) is 5.92 Å². The fourth-order valence-electron chi connectivity index (χ4n) is 3.98. The second kappa shape index (κ2) is 14.3. The summed E-state index contributed by atoms with van der Waals surface area (Å²) in [6, 6.07) is 2.25. The van der Waals surface area contributed by atoms with Crippen molar-refractivity contribution in [2.75, 3.05) is 0 Å². The Morgan fingerprint density at radius 2 is 1.59 bits per heavy atom. The minimum absolute atomic E-state index is 0.00287. The van der Waals surface area contributed by atoms with Crippen LogP contribution in [-0.4, -0.2) is 75.1 Å². The molecule has 39 heavy (non-hydrogen) atoms. The number of carboxylic acids is 1. The summed E-state index contributed by atoms with van der Waals surface area (Å²) >= 11 is 0. The molecule has 6 atom stereocenters. The third kappa shape index (κ3) is 8.79. The second-order valence-electron chi connectivity index (χ2n) is 9.67. The molecule has 10 N–H and O–H groups in total. The molecule has 1 aromatic heterocycles. The first kappa shape index (κ1) is 31.2. The maximum absolute atomic E-state index is 13.5. The number of primary amides is 1. The van der Waals surface area contributed by atoms with Gasteiger partial charge >= 0.3 is 5.97 Å². The molecule has 0 aliphatic carbocycles. The monoisotopic (exact) mass is 546 g/mol. The Labute approximate surface area is 226 Å². The number of para-hydroxylation sites is 1. The molecule has 1 aromatic carbocycles. The Balaban J connectivity index is 2.33. The number of carbonyl (C=O) groups excluding carboxylic acids is 4. The molecule has 0 spiro atoms. The summed E-state index contributed by atoms with van der Waals surface area (Å²) < 4.78 is 0. The van der Waals surface area contributed by atoms with Crippen molar-refractivity contribution >= 4 is 40.5 Å². The van der Waals surface area contributed by atoms with Gasteiger partial charge < -0.3 is 42.6 Å². The van der Waals surface area contributed by atoms with Crippen LogP contribution in [0.5, 0.6) is 0 Å². The molecule has 0 fully saturated rings. The third-order valence-electron chi connectivity index (χ3n) is 6.64. The number of hydrogen-bond acceptors (Lipinski definition) is 7. The van der Waals surface area contributed by atoms with Gasteiger partial charge in [-0.3, -0.25) is 19.2 Å². The number of aliphatic hydroxyl groups is 1. The number of amides is 4. The second-order valence-corrected chi connectivity index (χ2v) is 9.67. The molecule has 0 radical (unpaired) electrons. The third-order valence-corrected chi connectivity index (χ3v) is 6.64. The zero-order valence-corrected chi connectivity index (χ0v) is 22.3. The maximum atomic E-state index is 13.5. The Bertz CT molecular complexity index is 1180. The summed E-state index contributed by atoms with van der Waals surface area (Å²) in [5, 5.41) is 27.6. The summed E-state index contributed by atoms with van der Waals surface area (Å²) in [5.74, 6) is -4.73. The van der Waals surface area contributed by atoms with Crippen molar-refractivity contribution in [3.8, 4) is 0 Å². The van der Waals surface area contributed by atoms with Gasteiger partial charge in [0.1, 0.15) is 24.2 Å². The number of aliphatic hydroxyl groups excluding tert-OH is 1. The standard InChI is InChI=1S/C26H38N6O7/c1-4-13(2)22(26(38)39)32-23(35)18(9-10-20(27)34)30-24(36)19(31-25(37)21(28)14(3)33)11-15-12-29-17-8-6-5-7-16(15)17/h5-8,12-14,18-19,21-22,29,33H,4,9-11,28H2,1-3H3,(H2,27,34)(H,30,36)(H,31,37)(H,32,35)(H,38,39). The molecule has 214 valence electrons. The molecular weight excluding hydrogens is 508 g/mol. The van der Waals surface area contributed by atoms with Crippen molar-refractivity contribution in [2.45, 2.75) is 76.7 Å². The smallest absolute Gasteiger partial charge is 0.326 e. The Morgan fingerprint density at radius 3 is 2.18 bits per heavy atom. The number of fused-ring (bicyclic) bond motifs is 1. The van der Waals surface area contributed by atoms with Crippen LogP contribution >= 0.6 is 0 Å². The van der Waals surface area contributed by atoms with E-state index in [2.05, 4.69) is 20.9 Å². The molecule has 13 heteroatoms. The highest BCUT2D eigenvalue weighted by molar-refractivity contribution is 5.95. The summed E-state index contributed by atoms with van der Waals surface area (Å²) in [5.41, 5.74) is 12.5. The summed E-state index contributed by atoms with van der Waals surface area (Å²) in [6.45, 7) is 4.77. The topological polar surface area (TPSA) is 230 Å². The minimum Gasteiger partial charge on any atom is -0.480 e. The summed E-state index contributed by atoms with van der Waals surface area (Å²) in [6.07, 6.45) is 0.518. The van der Waals surface area contributed by atoms with Gasteiger partial charge in [-0.05, 0) is 30.9 Å². The highest BCUT2D eigenvalue weighted by Crippen LogP contribution is 2.19. The minimum atomic E-state index is -1.32. The van der Waals surface area contributed by atoms with E-state index in [0.29, 0.717) is 12.0 Å². The summed E-state index contributed by atoms with van der Waals surface area (Å²) in [4.78, 5) is 65.4. The van der Waals surface area contributed by atoms with Crippen molar-refractivity contribution in [3.63, 3.8) is 0 Å². The number of rotatable bonds is 15. The quantitative estimate of drug-likeness (QED) is 0.142. The van der Waals surface area contributed by atoms with Gasteiger partial charge in [-0.1, -0.05) is 38.5 Å². The van der Waals surface area contributed by atoms with E-state index in [-0.39, 0.29) is 19.3 Å². The van der Waals surface area contributed by atoms with Gasteiger partial charge in [0.05, 0.1) is 6.10 Å². The first-order valence-electron chi connectivity index (χ1n) is 12.8. The molecule has 6 unspecified atom stereocenters. The number of aromatic nitrogens is 1. The van der Waals surface area contributed by atoms with E-state index >= 15 is 0 Å². The Morgan fingerprint density at radius 1 is 0.974 bits per heavy atom. The highest BCUT2D eigenvalue weighted by atomic mass is 16.4. The predicted molar refractivity (Wildman–Crippen MR) is 143 cm³/mol. The lowest BCUT2D eigenvalue weighted by Gasteiger charge is -2.26. The molecule has 0 bridgehead atoms. The van der Waals surface area contributed by atoms with E-state index in [1.807, 2.05) is 24.3 Å². The van der Waals surface area contributed by atoms with Gasteiger partial charge in [-0.15, -0.1) is 0 Å². The van der Waals surface area contributed by atoms with E-state index in [9.17, 15) is 34.2 Å². The largest absolute Gasteiger partial charge is 0.480 e. The number of hydrogen-bond donors (Lipinski definition) is 8. The highest BCUT2D eigenvalue weighted by Gasteiger charge is 2.33. The van der Waals surface area contributed by atoms with Crippen molar-refractivity contribution in [3.05, 3.63) is 36.0 Å². The van der Waals surface area contributed by atoms with Crippen LogP contribution in [0.1, 0.15) is 45.6 Å². The average molecular weight is 547 g/mol. The SMILES string of the molecule is CCC(C)C(NC(=O)C(CCC(N)=O)NC(=O)C(Cc1c[nH]c2ccccc12)NC(=O)C(N)C(C)O)C(=O)O. The Hall–Kier alpha value is -3.97. The van der Waals surface area contributed by atoms with Crippen LogP contribution in [0.4, 0.5) is 0 Å². The zero-order chi connectivity index (χ0) is 29.3. The number of nitrogens with two attached hydrogens (primary N) is 2. The first-order valence-corrected chi connectivity index (χ1v) is 12.8. The molecule has 2 aromatic rings. The lowest BCUT2D eigenvalue weighted by Crippen LogP contribution is -2.59. The number of nitrogens with one attached hydrogen (secondary N) is 4. The fraction of sp³-hybridized carbons (Fsp3) is 0.500. The number of carboxylic acid groups (broad SMARTS) is 1. The number of aliphatic carboxylic acids is 1. The van der Waals surface area contributed by atoms with Crippen molar-refractivity contribution in [2.24, 2.45) is 17.4 Å². The molecule has 0 saturated carbocycles. The molecule has 1 heterocycles. The lowest BCUT2D eigenvalue weighted by molar-refractivity contribution is -0.144. The summed E-state index contributed by atoms with van der Waals surface area (Å²) in [7, 11) is 0. The van der Waals surface area contributed by atoms with Gasteiger partial charge in [-0.2, -0.15) is 0 Å². The molecule has 4 amide bonds. The van der Waals surface area contributed by atoms with Gasteiger partial charge in [0.2, 0.25) is 23.6 Å². The number of aromatic amines is 1. The van der Waals surface area contributed by atoms with Gasteiger partial charge in [0.25, 0.3) is 0 Å². The van der Waals surface area contributed by atoms with E-state index < -0.39 is 65.8 Å². The van der Waals surface area contributed by atoms with Gasteiger partial charge in [-0.25, -0.2) is 4.79 Å². The van der Waals surface area contributed by atoms with Gasteiger partial charge in [0.15, 0.2) is 0 Å². The van der Waals surface area contributed by atoms with Crippen LogP contribution in [0.3, 0.4) is 0 Å². The van der Waals surface area contributed by atoms with E-state index in [1.54, 1.807) is 20.0 Å². The van der Waals surface area contributed by atoms with Crippen LogP contribution in [-0.2, 0) is 30.4 Å². The maximum Gasteiger partial charge on any atom is 0.326 e. The van der Waals surface area contributed by atoms with E-state index in [4.69, 9.17) is 11.5 Å². The van der Waals surface area contributed by atoms with Crippen molar-refractivity contribution < 1.29 is 34.2 Å². The van der Waals surface area contributed by atoms with Crippen LogP contribution in [0.25, 0.3) is 10.9 Å². The van der Waals surface area contributed by atoms with E-state index in [1.165, 1.54) is 6.92 Å². The van der Waals surface area contributed by atoms with Crippen LogP contribution in [0.15, 0.2) is 30.5 Å². The van der Waals surface area contributed by atoms with Crippen LogP contribution in [0.2, 0.25) is 0 Å². The molecule has 13 nitrogen and oxygen atoms in total. The van der Waals surface area contributed by atoms with Crippen molar-refractivity contribution in [1.82, 2.24) is 20.9 Å². The van der Waals surface area contributed by atoms with Crippen LogP contribution < -0.4 is 27.4 Å². The molecule has 0 saturated heterocycles. The normalized spacial score (nSPS) is 15.8. The van der Waals surface area contributed by atoms with Gasteiger partial charge in [0, 0.05) is 29.9 Å². The Kier molecular flexibility index (Phi) is 11.4. The number of benzene rings is 1. The zero-order valence-electron chi connectivity index (χ0n) is 22.3. The van der Waals surface area contributed by atoms with Crippen molar-refractivity contribution in [1.29, 1.82) is 0 Å². The predicted octanol–water partition coefficient (Wildman–Crippen LogP) is -0.731. The number of H-pyrrole nitrogens is 1. The number of carbonyl (C=O) groups is 5. The molecule has 0 aliphatic rings. The fourth-order valence-corrected chi connectivity index (χ4v) is 3.98. The molecule has 2 rings (SSSR count).